The van der Waals surface area contributed by atoms with Gasteiger partial charge in [-0.05, 0) is 6.92 Å². The van der Waals surface area contributed by atoms with E-state index in [0.717, 1.165) is 13.2 Å². The predicted octanol–water partition coefficient (Wildman–Crippen LogP) is 0.141. The van der Waals surface area contributed by atoms with Gasteiger partial charge >= 0.3 is 0 Å². The molecule has 0 aromatic heterocycles. The van der Waals surface area contributed by atoms with E-state index in [-0.39, 0.29) is 6.23 Å². The van der Waals surface area contributed by atoms with Crippen molar-refractivity contribution in [3.63, 3.8) is 0 Å². The zero-order chi connectivity index (χ0) is 6.85. The van der Waals surface area contributed by atoms with Gasteiger partial charge in [-0.2, -0.15) is 0 Å². The number of ether oxygens (including phenoxy) is 1. The Hall–Kier alpha value is -0.120. The first kappa shape index (κ1) is 6.99. The van der Waals surface area contributed by atoms with Gasteiger partial charge in [-0.15, -0.1) is 0 Å². The summed E-state index contributed by atoms with van der Waals surface area (Å²) in [5, 5.41) is 4.25. The summed E-state index contributed by atoms with van der Waals surface area (Å²) in [6.45, 7) is 3.90. The summed E-state index contributed by atoms with van der Waals surface area (Å²) in [6.07, 6.45) is 0.240. The van der Waals surface area contributed by atoms with Crippen LogP contribution in [0.3, 0.4) is 0 Å². The minimum absolute atomic E-state index is 0.240. The van der Waals surface area contributed by atoms with E-state index in [1.165, 1.54) is 0 Å². The molecule has 3 nitrogen and oxygen atoms in total. The van der Waals surface area contributed by atoms with Crippen molar-refractivity contribution < 1.29 is 4.74 Å². The Kier molecular flexibility index (Phi) is 2.05. The van der Waals surface area contributed by atoms with Crippen molar-refractivity contribution in [2.24, 2.45) is 0 Å². The SMILES string of the molecule is CC1OCCN(C)N1C. The maximum Gasteiger partial charge on any atom is 0.120 e. The molecule has 0 amide bonds. The summed E-state index contributed by atoms with van der Waals surface area (Å²) in [7, 11) is 4.10. The quantitative estimate of drug-likeness (QED) is 0.464. The standard InChI is InChI=1S/C6H14N2O/c1-6-8(3)7(2)4-5-9-6/h6H,4-5H2,1-3H3. The van der Waals surface area contributed by atoms with Crippen molar-refractivity contribution in [3.05, 3.63) is 0 Å². The minimum Gasteiger partial charge on any atom is -0.361 e. The molecule has 0 N–H and O–H groups in total. The molecule has 1 saturated heterocycles. The number of nitrogens with zero attached hydrogens (tertiary/aromatic N) is 2. The molecule has 3 heteroatoms. The van der Waals surface area contributed by atoms with E-state index in [1.807, 2.05) is 7.05 Å². The van der Waals surface area contributed by atoms with Gasteiger partial charge in [0.05, 0.1) is 6.61 Å². The lowest BCUT2D eigenvalue weighted by atomic mass is 10.5. The molecular weight excluding hydrogens is 116 g/mol. The third kappa shape index (κ3) is 1.41. The van der Waals surface area contributed by atoms with E-state index in [1.54, 1.807) is 0 Å². The lowest BCUT2D eigenvalue weighted by Gasteiger charge is -2.37. The van der Waals surface area contributed by atoms with Gasteiger partial charge in [0.1, 0.15) is 6.23 Å². The molecule has 9 heavy (non-hydrogen) atoms. The van der Waals surface area contributed by atoms with Crippen molar-refractivity contribution in [1.29, 1.82) is 0 Å². The second-order valence-electron chi connectivity index (χ2n) is 2.43. The molecule has 1 rings (SSSR count). The fraction of sp³-hybridized carbons (Fsp3) is 1.00. The maximum absolute atomic E-state index is 5.34. The van der Waals surface area contributed by atoms with Gasteiger partial charge in [-0.3, -0.25) is 0 Å². The van der Waals surface area contributed by atoms with Gasteiger partial charge in [0.2, 0.25) is 0 Å². The zero-order valence-corrected chi connectivity index (χ0v) is 6.29. The lowest BCUT2D eigenvalue weighted by molar-refractivity contribution is -0.181. The van der Waals surface area contributed by atoms with Crippen LogP contribution >= 0.6 is 0 Å². The number of likely N-dealkylation sites (N-methyl/N-ethyl adjacent to an activating group) is 1. The van der Waals surface area contributed by atoms with Gasteiger partial charge in [-0.1, -0.05) is 0 Å². The number of hydrogen-bond donors (Lipinski definition) is 0. The van der Waals surface area contributed by atoms with Crippen LogP contribution < -0.4 is 0 Å². The first-order chi connectivity index (χ1) is 4.22. The predicted molar refractivity (Wildman–Crippen MR) is 35.8 cm³/mol. The average molecular weight is 130 g/mol. The highest BCUT2D eigenvalue weighted by atomic mass is 16.5. The first-order valence-corrected chi connectivity index (χ1v) is 3.27. The summed E-state index contributed by atoms with van der Waals surface area (Å²) in [4.78, 5) is 0. The van der Waals surface area contributed by atoms with Crippen LogP contribution in [0.4, 0.5) is 0 Å². The monoisotopic (exact) mass is 130 g/mol. The second kappa shape index (κ2) is 2.64. The van der Waals surface area contributed by atoms with E-state index >= 15 is 0 Å². The lowest BCUT2D eigenvalue weighted by Crippen LogP contribution is -2.50. The molecule has 0 saturated carbocycles. The molecule has 0 aromatic rings. The van der Waals surface area contributed by atoms with Crippen LogP contribution in [0.25, 0.3) is 0 Å². The third-order valence-electron chi connectivity index (χ3n) is 1.84. The minimum atomic E-state index is 0.240. The van der Waals surface area contributed by atoms with Crippen LogP contribution in [-0.2, 0) is 4.74 Å². The fourth-order valence-corrected chi connectivity index (χ4v) is 0.899. The number of hydrogen-bond acceptors (Lipinski definition) is 3. The molecular formula is C6H14N2O. The number of hydrazine groups is 1. The number of rotatable bonds is 0. The van der Waals surface area contributed by atoms with Gasteiger partial charge in [-0.25, -0.2) is 10.0 Å². The largest absolute Gasteiger partial charge is 0.361 e. The summed E-state index contributed by atoms with van der Waals surface area (Å²) < 4.78 is 5.34. The highest BCUT2D eigenvalue weighted by Crippen LogP contribution is 2.05. The molecule has 1 unspecified atom stereocenters. The molecule has 0 aromatic carbocycles. The Morgan fingerprint density at radius 1 is 1.44 bits per heavy atom. The van der Waals surface area contributed by atoms with Crippen LogP contribution in [0.2, 0.25) is 0 Å². The van der Waals surface area contributed by atoms with Gasteiger partial charge in [0.15, 0.2) is 0 Å². The Labute approximate surface area is 56.2 Å². The van der Waals surface area contributed by atoms with Gasteiger partial charge in [0.25, 0.3) is 0 Å². The van der Waals surface area contributed by atoms with E-state index in [0.29, 0.717) is 0 Å². The molecule has 1 atom stereocenters. The van der Waals surface area contributed by atoms with Crippen LogP contribution in [0, 0.1) is 0 Å². The molecule has 0 bridgehead atoms. The summed E-state index contributed by atoms with van der Waals surface area (Å²) >= 11 is 0. The van der Waals surface area contributed by atoms with Crippen molar-refractivity contribution in [3.8, 4) is 0 Å². The van der Waals surface area contributed by atoms with Crippen molar-refractivity contribution in [2.45, 2.75) is 13.2 Å². The second-order valence-corrected chi connectivity index (χ2v) is 2.43. The van der Waals surface area contributed by atoms with E-state index < -0.39 is 0 Å². The van der Waals surface area contributed by atoms with E-state index in [9.17, 15) is 0 Å². The van der Waals surface area contributed by atoms with E-state index in [4.69, 9.17) is 4.74 Å². The van der Waals surface area contributed by atoms with E-state index in [2.05, 4.69) is 24.0 Å². The fourth-order valence-electron chi connectivity index (χ4n) is 0.899. The molecule has 0 spiro atoms. The Bertz CT molecular complexity index is 87.1. The van der Waals surface area contributed by atoms with Crippen molar-refractivity contribution in [2.75, 3.05) is 27.2 Å². The Morgan fingerprint density at radius 3 is 2.56 bits per heavy atom. The summed E-state index contributed by atoms with van der Waals surface area (Å²) in [5.74, 6) is 0. The third-order valence-corrected chi connectivity index (χ3v) is 1.84. The molecule has 1 heterocycles. The molecule has 1 aliphatic rings. The first-order valence-electron chi connectivity index (χ1n) is 3.27. The maximum atomic E-state index is 5.34. The van der Waals surface area contributed by atoms with Crippen LogP contribution in [0.1, 0.15) is 6.92 Å². The Morgan fingerprint density at radius 2 is 2.11 bits per heavy atom. The zero-order valence-electron chi connectivity index (χ0n) is 6.29. The molecule has 0 aliphatic carbocycles. The molecule has 1 fully saturated rings. The van der Waals surface area contributed by atoms with Crippen LogP contribution in [0.15, 0.2) is 0 Å². The van der Waals surface area contributed by atoms with Crippen LogP contribution in [-0.4, -0.2) is 43.5 Å². The highest BCUT2D eigenvalue weighted by molar-refractivity contribution is 4.56. The normalized spacial score (nSPS) is 33.0. The topological polar surface area (TPSA) is 15.7 Å². The van der Waals surface area contributed by atoms with Crippen molar-refractivity contribution >= 4 is 0 Å². The summed E-state index contributed by atoms with van der Waals surface area (Å²) in [6, 6.07) is 0. The molecule has 0 radical (unpaired) electrons. The van der Waals surface area contributed by atoms with Gasteiger partial charge < -0.3 is 4.74 Å². The smallest absolute Gasteiger partial charge is 0.120 e. The highest BCUT2D eigenvalue weighted by Gasteiger charge is 2.18. The Balaban J connectivity index is 2.41. The average Bonchev–Trinajstić information content (AvgIpc) is 1.83. The van der Waals surface area contributed by atoms with Crippen molar-refractivity contribution in [1.82, 2.24) is 10.0 Å². The molecule has 54 valence electrons. The van der Waals surface area contributed by atoms with Gasteiger partial charge in [0, 0.05) is 20.6 Å². The molecule has 1 aliphatic heterocycles. The van der Waals surface area contributed by atoms with Crippen LogP contribution in [0.5, 0.6) is 0 Å². The summed E-state index contributed by atoms with van der Waals surface area (Å²) in [5.41, 5.74) is 0.